The number of fused-ring (bicyclic) bond motifs is 1. The first-order valence-electron chi connectivity index (χ1n) is 5.18. The maximum absolute atomic E-state index is 11.7. The number of amides is 1. The SMILES string of the molecule is C#CCN1C(=O)Cc2cc(C(C)O)ccc21. The molecule has 0 aromatic heterocycles. The van der Waals surface area contributed by atoms with Crippen LogP contribution in [0.15, 0.2) is 18.2 Å². The third-order valence-corrected chi connectivity index (χ3v) is 2.77. The van der Waals surface area contributed by atoms with E-state index in [-0.39, 0.29) is 5.91 Å². The molecule has 0 spiro atoms. The van der Waals surface area contributed by atoms with Crippen LogP contribution < -0.4 is 4.90 Å². The Kier molecular flexibility index (Phi) is 2.67. The van der Waals surface area contributed by atoms with Gasteiger partial charge in [0.15, 0.2) is 0 Å². The lowest BCUT2D eigenvalue weighted by Gasteiger charge is -2.14. The molecule has 1 atom stereocenters. The molecule has 1 aromatic rings. The van der Waals surface area contributed by atoms with E-state index in [4.69, 9.17) is 6.42 Å². The van der Waals surface area contributed by atoms with Gasteiger partial charge in [-0.3, -0.25) is 4.79 Å². The standard InChI is InChI=1S/C13H13NO2/c1-3-6-14-12-5-4-10(9(2)15)7-11(12)8-13(14)16/h1,4-5,7,9,15H,6,8H2,2H3. The summed E-state index contributed by atoms with van der Waals surface area (Å²) in [6.45, 7) is 2.01. The van der Waals surface area contributed by atoms with Crippen molar-refractivity contribution >= 4 is 11.6 Å². The van der Waals surface area contributed by atoms with Crippen molar-refractivity contribution in [2.75, 3.05) is 11.4 Å². The van der Waals surface area contributed by atoms with Crippen LogP contribution >= 0.6 is 0 Å². The van der Waals surface area contributed by atoms with Gasteiger partial charge in [-0.05, 0) is 24.1 Å². The van der Waals surface area contributed by atoms with Gasteiger partial charge in [0.2, 0.25) is 5.91 Å². The average molecular weight is 215 g/mol. The lowest BCUT2D eigenvalue weighted by Crippen LogP contribution is -2.26. The maximum atomic E-state index is 11.7. The fraction of sp³-hybridized carbons (Fsp3) is 0.308. The molecular weight excluding hydrogens is 202 g/mol. The summed E-state index contributed by atoms with van der Waals surface area (Å²) >= 11 is 0. The van der Waals surface area contributed by atoms with E-state index in [0.717, 1.165) is 16.8 Å². The molecule has 3 nitrogen and oxygen atoms in total. The molecule has 0 bridgehead atoms. The number of hydrogen-bond donors (Lipinski definition) is 1. The molecule has 0 fully saturated rings. The Morgan fingerprint density at radius 2 is 2.38 bits per heavy atom. The maximum Gasteiger partial charge on any atom is 0.232 e. The molecule has 0 saturated carbocycles. The third kappa shape index (κ3) is 1.68. The van der Waals surface area contributed by atoms with Gasteiger partial charge in [0.05, 0.1) is 19.1 Å². The highest BCUT2D eigenvalue weighted by Crippen LogP contribution is 2.30. The van der Waals surface area contributed by atoms with Crippen molar-refractivity contribution in [1.29, 1.82) is 0 Å². The molecule has 0 saturated heterocycles. The van der Waals surface area contributed by atoms with Gasteiger partial charge in [-0.2, -0.15) is 0 Å². The number of hydrogen-bond acceptors (Lipinski definition) is 2. The molecule has 0 aliphatic carbocycles. The van der Waals surface area contributed by atoms with E-state index in [1.807, 2.05) is 18.2 Å². The molecule has 16 heavy (non-hydrogen) atoms. The smallest absolute Gasteiger partial charge is 0.232 e. The molecule has 0 radical (unpaired) electrons. The van der Waals surface area contributed by atoms with Crippen LogP contribution in [0.1, 0.15) is 24.2 Å². The molecule has 1 unspecified atom stereocenters. The van der Waals surface area contributed by atoms with Crippen molar-refractivity contribution in [1.82, 2.24) is 0 Å². The number of nitrogens with zero attached hydrogens (tertiary/aromatic N) is 1. The Morgan fingerprint density at radius 1 is 1.62 bits per heavy atom. The van der Waals surface area contributed by atoms with Crippen LogP contribution in [0.2, 0.25) is 0 Å². The van der Waals surface area contributed by atoms with Crippen molar-refractivity contribution in [3.8, 4) is 12.3 Å². The van der Waals surface area contributed by atoms with Crippen LogP contribution in [-0.2, 0) is 11.2 Å². The van der Waals surface area contributed by atoms with Crippen LogP contribution in [0.25, 0.3) is 0 Å². The molecule has 82 valence electrons. The first-order valence-corrected chi connectivity index (χ1v) is 5.18. The molecule has 1 aliphatic heterocycles. The zero-order chi connectivity index (χ0) is 11.7. The lowest BCUT2D eigenvalue weighted by atomic mass is 10.1. The molecule has 1 N–H and O–H groups in total. The van der Waals surface area contributed by atoms with Crippen LogP contribution in [-0.4, -0.2) is 17.6 Å². The Morgan fingerprint density at radius 3 is 3.00 bits per heavy atom. The van der Waals surface area contributed by atoms with Crippen molar-refractivity contribution in [2.45, 2.75) is 19.4 Å². The van der Waals surface area contributed by atoms with Gasteiger partial charge in [0, 0.05) is 5.69 Å². The molecule has 1 heterocycles. The minimum Gasteiger partial charge on any atom is -0.389 e. The molecule has 1 aliphatic rings. The quantitative estimate of drug-likeness (QED) is 0.754. The van der Waals surface area contributed by atoms with E-state index in [0.29, 0.717) is 13.0 Å². The first-order chi connectivity index (χ1) is 7.63. The number of carbonyl (C=O) groups is 1. The van der Waals surface area contributed by atoms with Crippen molar-refractivity contribution in [2.24, 2.45) is 0 Å². The summed E-state index contributed by atoms with van der Waals surface area (Å²) in [6.07, 6.45) is 5.08. The minimum atomic E-state index is -0.512. The predicted octanol–water partition coefficient (Wildman–Crippen LogP) is 1.26. The van der Waals surface area contributed by atoms with Crippen LogP contribution in [0.3, 0.4) is 0 Å². The van der Waals surface area contributed by atoms with Gasteiger partial charge >= 0.3 is 0 Å². The molecule has 2 rings (SSSR count). The zero-order valence-electron chi connectivity index (χ0n) is 9.10. The van der Waals surface area contributed by atoms with Gasteiger partial charge in [-0.15, -0.1) is 6.42 Å². The van der Waals surface area contributed by atoms with Gasteiger partial charge in [-0.25, -0.2) is 0 Å². The second-order valence-corrected chi connectivity index (χ2v) is 3.92. The zero-order valence-corrected chi connectivity index (χ0v) is 9.10. The number of aliphatic hydroxyl groups is 1. The normalized spacial score (nSPS) is 15.8. The summed E-state index contributed by atoms with van der Waals surface area (Å²) in [6, 6.07) is 5.54. The van der Waals surface area contributed by atoms with Crippen LogP contribution in [0.4, 0.5) is 5.69 Å². The number of aliphatic hydroxyl groups excluding tert-OH is 1. The third-order valence-electron chi connectivity index (χ3n) is 2.77. The van der Waals surface area contributed by atoms with Crippen LogP contribution in [0, 0.1) is 12.3 Å². The number of terminal acetylenes is 1. The molecule has 1 aromatic carbocycles. The minimum absolute atomic E-state index is 0.0238. The van der Waals surface area contributed by atoms with Gasteiger partial charge in [0.25, 0.3) is 0 Å². The summed E-state index contributed by atoms with van der Waals surface area (Å²) < 4.78 is 0. The Bertz CT molecular complexity index is 471. The number of benzene rings is 1. The monoisotopic (exact) mass is 215 g/mol. The van der Waals surface area contributed by atoms with Gasteiger partial charge < -0.3 is 10.0 Å². The number of carbonyl (C=O) groups excluding carboxylic acids is 1. The topological polar surface area (TPSA) is 40.5 Å². The van der Waals surface area contributed by atoms with E-state index >= 15 is 0 Å². The highest BCUT2D eigenvalue weighted by Gasteiger charge is 2.26. The second-order valence-electron chi connectivity index (χ2n) is 3.92. The van der Waals surface area contributed by atoms with Gasteiger partial charge in [0.1, 0.15) is 0 Å². The predicted molar refractivity (Wildman–Crippen MR) is 62.0 cm³/mol. The highest BCUT2D eigenvalue weighted by molar-refractivity contribution is 6.01. The number of anilines is 1. The highest BCUT2D eigenvalue weighted by atomic mass is 16.3. The van der Waals surface area contributed by atoms with E-state index < -0.39 is 6.10 Å². The van der Waals surface area contributed by atoms with Crippen molar-refractivity contribution < 1.29 is 9.90 Å². The van der Waals surface area contributed by atoms with E-state index in [9.17, 15) is 9.90 Å². The first kappa shape index (κ1) is 10.7. The fourth-order valence-corrected chi connectivity index (χ4v) is 1.93. The van der Waals surface area contributed by atoms with Crippen molar-refractivity contribution in [3.05, 3.63) is 29.3 Å². The van der Waals surface area contributed by atoms with Gasteiger partial charge in [-0.1, -0.05) is 18.1 Å². The van der Waals surface area contributed by atoms with Crippen LogP contribution in [0.5, 0.6) is 0 Å². The van der Waals surface area contributed by atoms with E-state index in [2.05, 4.69) is 5.92 Å². The molecular formula is C13H13NO2. The summed E-state index contributed by atoms with van der Waals surface area (Å²) in [4.78, 5) is 13.3. The summed E-state index contributed by atoms with van der Waals surface area (Å²) in [7, 11) is 0. The Labute approximate surface area is 94.7 Å². The summed E-state index contributed by atoms with van der Waals surface area (Å²) in [5.74, 6) is 2.50. The fourth-order valence-electron chi connectivity index (χ4n) is 1.93. The average Bonchev–Trinajstić information content (AvgIpc) is 2.55. The number of rotatable bonds is 2. The second kappa shape index (κ2) is 3.99. The molecule has 1 amide bonds. The molecule has 3 heteroatoms. The Hall–Kier alpha value is -1.79. The summed E-state index contributed by atoms with van der Waals surface area (Å²) in [5.41, 5.74) is 2.64. The van der Waals surface area contributed by atoms with Crippen molar-refractivity contribution in [3.63, 3.8) is 0 Å². The van der Waals surface area contributed by atoms with E-state index in [1.54, 1.807) is 11.8 Å². The van der Waals surface area contributed by atoms with E-state index in [1.165, 1.54) is 0 Å². The largest absolute Gasteiger partial charge is 0.389 e. The summed E-state index contributed by atoms with van der Waals surface area (Å²) in [5, 5.41) is 9.46. The lowest BCUT2D eigenvalue weighted by molar-refractivity contribution is -0.117. The Balaban J connectivity index is 2.39.